The van der Waals surface area contributed by atoms with Crippen molar-refractivity contribution in [3.05, 3.63) is 174 Å². The summed E-state index contributed by atoms with van der Waals surface area (Å²) in [6.07, 6.45) is 3.86. The van der Waals surface area contributed by atoms with E-state index in [-0.39, 0.29) is 45.2 Å². The Bertz CT molecular complexity index is 3120. The number of benzene rings is 5. The average molecular weight is 1100 g/mol. The fourth-order valence-corrected chi connectivity index (χ4v) is 10.7. The molecule has 2 N–H and O–H groups in total. The zero-order valence-electron chi connectivity index (χ0n) is 51.6. The Labute approximate surface area is 484 Å². The van der Waals surface area contributed by atoms with E-state index in [0.29, 0.717) is 98.2 Å². The predicted molar refractivity (Wildman–Crippen MR) is 326 cm³/mol. The molecule has 0 spiro atoms. The summed E-state index contributed by atoms with van der Waals surface area (Å²) in [7, 11) is 0. The van der Waals surface area contributed by atoms with Crippen molar-refractivity contribution in [2.75, 3.05) is 66.1 Å². The summed E-state index contributed by atoms with van der Waals surface area (Å²) in [4.78, 5) is 4.71. The van der Waals surface area contributed by atoms with Crippen molar-refractivity contribution >= 4 is 0 Å². The van der Waals surface area contributed by atoms with Gasteiger partial charge in [0.25, 0.3) is 0 Å². The number of phenolic OH excluding ortho intramolecular Hbond substituents is 2. The van der Waals surface area contributed by atoms with Crippen LogP contribution in [0, 0.1) is 0 Å². The second-order valence-electron chi connectivity index (χ2n) is 27.5. The molecule has 0 amide bonds. The maximum absolute atomic E-state index is 12.9. The molecular formula is C71H93NO9. The first-order valence-corrected chi connectivity index (χ1v) is 29.4. The van der Waals surface area contributed by atoms with E-state index in [1.54, 1.807) is 6.20 Å². The average Bonchev–Trinajstić information content (AvgIpc) is 3.43. The van der Waals surface area contributed by atoms with Crippen LogP contribution in [0.4, 0.5) is 0 Å². The molecule has 5 aromatic carbocycles. The van der Waals surface area contributed by atoms with Gasteiger partial charge in [-0.3, -0.25) is 4.98 Å². The number of rotatable bonds is 3. The van der Waals surface area contributed by atoms with Crippen molar-refractivity contribution in [3.63, 3.8) is 0 Å². The van der Waals surface area contributed by atoms with E-state index in [1.807, 2.05) is 18.2 Å². The Kier molecular flexibility index (Phi) is 19.1. The van der Waals surface area contributed by atoms with Crippen LogP contribution in [0.5, 0.6) is 28.7 Å². The monoisotopic (exact) mass is 1100 g/mol. The molecule has 0 saturated heterocycles. The molecule has 1 aliphatic carbocycles. The second kappa shape index (κ2) is 25.3. The fourth-order valence-electron chi connectivity index (χ4n) is 10.7. The number of phenols is 2. The van der Waals surface area contributed by atoms with Gasteiger partial charge in [0, 0.05) is 38.3 Å². The van der Waals surface area contributed by atoms with Crippen LogP contribution in [0.2, 0.25) is 0 Å². The summed E-state index contributed by atoms with van der Waals surface area (Å²) in [6.45, 7) is 37.8. The molecule has 81 heavy (non-hydrogen) atoms. The van der Waals surface area contributed by atoms with Gasteiger partial charge in [0.1, 0.15) is 48.6 Å². The van der Waals surface area contributed by atoms with Crippen LogP contribution < -0.4 is 14.2 Å². The lowest BCUT2D eigenvalue weighted by Crippen LogP contribution is -2.18. The molecule has 436 valence electrons. The van der Waals surface area contributed by atoms with Gasteiger partial charge in [0.2, 0.25) is 0 Å². The van der Waals surface area contributed by atoms with Crippen LogP contribution in [0.1, 0.15) is 193 Å². The Hall–Kier alpha value is -5.91. The summed E-state index contributed by atoms with van der Waals surface area (Å²) >= 11 is 0. The van der Waals surface area contributed by atoms with E-state index >= 15 is 0 Å². The maximum Gasteiger partial charge on any atom is 0.130 e. The Balaban J connectivity index is 1.49. The van der Waals surface area contributed by atoms with E-state index in [4.69, 9.17) is 38.1 Å². The number of aromatic nitrogens is 1. The minimum absolute atomic E-state index is 0.207. The first-order chi connectivity index (χ1) is 38.1. The third kappa shape index (κ3) is 15.8. The van der Waals surface area contributed by atoms with Gasteiger partial charge in [-0.05, 0) is 123 Å². The van der Waals surface area contributed by atoms with Gasteiger partial charge in [-0.2, -0.15) is 0 Å². The molecule has 2 aliphatic rings. The molecule has 0 saturated carbocycles. The zero-order chi connectivity index (χ0) is 58.5. The molecule has 1 aliphatic heterocycles. The number of hydrogen-bond acceptors (Lipinski definition) is 10. The van der Waals surface area contributed by atoms with Gasteiger partial charge in [-0.15, -0.1) is 0 Å². The summed E-state index contributed by atoms with van der Waals surface area (Å²) in [5, 5.41) is 25.8. The second-order valence-corrected chi connectivity index (χ2v) is 27.5. The first-order valence-electron chi connectivity index (χ1n) is 29.4. The number of aromatic hydroxyl groups is 2. The van der Waals surface area contributed by atoms with Crippen molar-refractivity contribution in [1.82, 2.24) is 4.98 Å². The highest BCUT2D eigenvalue weighted by atomic mass is 16.6. The highest BCUT2D eigenvalue weighted by Crippen LogP contribution is 2.45. The number of ether oxygens (including phenoxy) is 7. The lowest BCUT2D eigenvalue weighted by Gasteiger charge is -2.28. The van der Waals surface area contributed by atoms with E-state index < -0.39 is 0 Å². The predicted octanol–water partition coefficient (Wildman–Crippen LogP) is 14.7. The zero-order valence-corrected chi connectivity index (χ0v) is 51.6. The Morgan fingerprint density at radius 3 is 0.963 bits per heavy atom. The quantitative estimate of drug-likeness (QED) is 0.177. The number of nitrogens with zero attached hydrogens (tertiary/aromatic N) is 1. The summed E-state index contributed by atoms with van der Waals surface area (Å²) < 4.78 is 45.4. The first kappa shape index (κ1) is 61.2. The van der Waals surface area contributed by atoms with Crippen LogP contribution in [0.25, 0.3) is 0 Å². The molecule has 1 aromatic heterocycles. The van der Waals surface area contributed by atoms with E-state index in [0.717, 1.165) is 101 Å². The van der Waals surface area contributed by atoms with Crippen molar-refractivity contribution in [2.24, 2.45) is 0 Å². The minimum atomic E-state index is -0.271. The molecule has 0 atom stereocenters. The molecular weight excluding hydrogens is 1010 g/mol. The molecule has 8 rings (SSSR count). The molecule has 10 nitrogen and oxygen atoms in total. The summed E-state index contributed by atoms with van der Waals surface area (Å²) in [5.74, 6) is 2.71. The van der Waals surface area contributed by atoms with Crippen LogP contribution >= 0.6 is 0 Å². The SMILES string of the molecule is CC(C)(C)c1cc2c(O)c(c1)Cc1cc(C(C)(C)C)cc3c1OCCOCCOCCOCCOCCOc1c(cc(C(C)(C)C)cc1Cc1cc(C(C)(C)C)cc(c1OCc1ccccn1)Cc1cc(C(C)(C)C)cc(c1O)C2)C3. The molecule has 6 aromatic rings. The van der Waals surface area contributed by atoms with Gasteiger partial charge in [-0.25, -0.2) is 0 Å². The highest BCUT2D eigenvalue weighted by Gasteiger charge is 2.30. The van der Waals surface area contributed by atoms with Crippen molar-refractivity contribution in [2.45, 2.75) is 170 Å². The minimum Gasteiger partial charge on any atom is -0.507 e. The third-order valence-corrected chi connectivity index (χ3v) is 15.7. The van der Waals surface area contributed by atoms with Crippen LogP contribution in [0.3, 0.4) is 0 Å². The molecule has 0 unspecified atom stereocenters. The van der Waals surface area contributed by atoms with Crippen molar-refractivity contribution in [1.29, 1.82) is 0 Å². The van der Waals surface area contributed by atoms with Crippen LogP contribution in [-0.4, -0.2) is 81.3 Å². The van der Waals surface area contributed by atoms with Crippen molar-refractivity contribution in [3.8, 4) is 28.7 Å². The molecule has 10 heteroatoms. The molecule has 2 heterocycles. The smallest absolute Gasteiger partial charge is 0.130 e. The van der Waals surface area contributed by atoms with Gasteiger partial charge < -0.3 is 43.4 Å². The molecule has 12 bridgehead atoms. The van der Waals surface area contributed by atoms with Crippen LogP contribution in [0.15, 0.2) is 85.1 Å². The largest absolute Gasteiger partial charge is 0.507 e. The molecule has 0 radical (unpaired) electrons. The maximum atomic E-state index is 12.9. The van der Waals surface area contributed by atoms with Gasteiger partial charge in [-0.1, -0.05) is 171 Å². The topological polar surface area (TPSA) is 118 Å². The highest BCUT2D eigenvalue weighted by molar-refractivity contribution is 5.60. The number of fused-ring (bicyclic) bond motifs is 6. The van der Waals surface area contributed by atoms with Gasteiger partial charge in [0.05, 0.1) is 58.5 Å². The fraction of sp³-hybridized carbons (Fsp3) is 0.507. The lowest BCUT2D eigenvalue weighted by atomic mass is 9.79. The van der Waals surface area contributed by atoms with E-state index in [9.17, 15) is 10.2 Å². The Morgan fingerprint density at radius 1 is 0.370 bits per heavy atom. The van der Waals surface area contributed by atoms with E-state index in [2.05, 4.69) is 165 Å². The normalized spacial score (nSPS) is 16.0. The number of hydrogen-bond donors (Lipinski definition) is 2. The summed E-state index contributed by atoms with van der Waals surface area (Å²) in [6, 6.07) is 28.3. The van der Waals surface area contributed by atoms with Crippen LogP contribution in [-0.2, 0) is 84.7 Å². The molecule has 0 fully saturated rings. The number of pyridine rings is 1. The Morgan fingerprint density at radius 2 is 0.642 bits per heavy atom. The van der Waals surface area contributed by atoms with Crippen molar-refractivity contribution < 1.29 is 43.4 Å². The lowest BCUT2D eigenvalue weighted by molar-refractivity contribution is -0.00701. The summed E-state index contributed by atoms with van der Waals surface area (Å²) in [5.41, 5.74) is 14.2. The third-order valence-electron chi connectivity index (χ3n) is 15.7. The standard InChI is InChI=1S/C71H93NO9/c1-67(2,3)56-35-46-30-47-36-57(68(4,5)6)38-49(63(47)74)32-51-40-59(70(10,11)12)44-55(66(51)81-45-61-18-16-17-19-72-61)34-54-43-60(71(13,14)15)42-53-33-52-41-58(69(7,8)9)39-50(31-48(37-56)62(46)73)64(52)79-28-26-77-24-22-75-20-21-76-23-25-78-27-29-80-65(53)54/h16-19,35-44,73-74H,20-34,45H2,1-15H3. The van der Waals surface area contributed by atoms with Gasteiger partial charge in [0.15, 0.2) is 0 Å². The van der Waals surface area contributed by atoms with Gasteiger partial charge >= 0.3 is 0 Å². The van der Waals surface area contributed by atoms with E-state index in [1.165, 1.54) is 5.56 Å².